The molecule has 0 radical (unpaired) electrons. The first-order valence-corrected chi connectivity index (χ1v) is 5.98. The summed E-state index contributed by atoms with van der Waals surface area (Å²) in [7, 11) is 0. The number of nitrogens with zero attached hydrogens (tertiary/aromatic N) is 2. The Bertz CT molecular complexity index is 788. The van der Waals surface area contributed by atoms with Crippen molar-refractivity contribution in [1.82, 2.24) is 15.0 Å². The van der Waals surface area contributed by atoms with Crippen LogP contribution in [-0.4, -0.2) is 15.0 Å². The van der Waals surface area contributed by atoms with Gasteiger partial charge in [0, 0.05) is 18.2 Å². The molecule has 0 aliphatic rings. The van der Waals surface area contributed by atoms with Gasteiger partial charge in [-0.3, -0.25) is 0 Å². The number of hydrogen-bond acceptors (Lipinski definition) is 4. The van der Waals surface area contributed by atoms with Crippen molar-refractivity contribution < 1.29 is 4.42 Å². The van der Waals surface area contributed by atoms with Crippen molar-refractivity contribution in [3.8, 4) is 11.3 Å². The Balaban J connectivity index is 2.21. The van der Waals surface area contributed by atoms with E-state index in [0.29, 0.717) is 10.7 Å². The highest BCUT2D eigenvalue weighted by Crippen LogP contribution is 2.23. The largest absolute Gasteiger partial charge is 0.441 e. The van der Waals surface area contributed by atoms with Gasteiger partial charge in [0.1, 0.15) is 5.52 Å². The third-order valence-corrected chi connectivity index (χ3v) is 2.86. The van der Waals surface area contributed by atoms with Crippen molar-refractivity contribution in [2.75, 3.05) is 0 Å². The molecule has 3 aromatic rings. The highest BCUT2D eigenvalue weighted by molar-refractivity contribution is 7.71. The fraction of sp³-hybridized carbons (Fsp3) is 0.154. The Morgan fingerprint density at radius 1 is 1.17 bits per heavy atom. The van der Waals surface area contributed by atoms with Crippen LogP contribution in [0.3, 0.4) is 0 Å². The topological polar surface area (TPSA) is 54.7 Å². The van der Waals surface area contributed by atoms with Crippen LogP contribution in [0.1, 0.15) is 11.6 Å². The van der Waals surface area contributed by atoms with Crippen LogP contribution < -0.4 is 0 Å². The van der Waals surface area contributed by atoms with Crippen LogP contribution in [0, 0.1) is 18.6 Å². The maximum absolute atomic E-state index is 5.45. The van der Waals surface area contributed by atoms with E-state index >= 15 is 0 Å². The molecule has 4 nitrogen and oxygen atoms in total. The van der Waals surface area contributed by atoms with Gasteiger partial charge < -0.3 is 9.40 Å². The van der Waals surface area contributed by atoms with Crippen molar-refractivity contribution in [1.29, 1.82) is 0 Å². The average molecular weight is 257 g/mol. The lowest BCUT2D eigenvalue weighted by Gasteiger charge is -2.01. The van der Waals surface area contributed by atoms with E-state index in [4.69, 9.17) is 16.6 Å². The van der Waals surface area contributed by atoms with E-state index < -0.39 is 0 Å². The number of aromatic amines is 1. The number of nitrogens with one attached hydrogen (secondary N) is 1. The summed E-state index contributed by atoms with van der Waals surface area (Å²) in [5, 5.41) is 0. The molecule has 0 aliphatic heterocycles. The third kappa shape index (κ3) is 1.93. The van der Waals surface area contributed by atoms with Crippen molar-refractivity contribution in [3.05, 3.63) is 40.6 Å². The number of fused-ring (bicyclic) bond motifs is 1. The molecule has 0 bridgehead atoms. The van der Waals surface area contributed by atoms with E-state index in [1.807, 2.05) is 38.1 Å². The van der Waals surface area contributed by atoms with Gasteiger partial charge >= 0.3 is 0 Å². The van der Waals surface area contributed by atoms with Crippen LogP contribution in [0.5, 0.6) is 0 Å². The van der Waals surface area contributed by atoms with Crippen molar-refractivity contribution >= 4 is 23.3 Å². The molecule has 0 atom stereocenters. The first kappa shape index (κ1) is 11.1. The zero-order valence-electron chi connectivity index (χ0n) is 10.0. The molecule has 0 fully saturated rings. The molecule has 0 unspecified atom stereocenters. The normalized spacial score (nSPS) is 11.0. The van der Waals surface area contributed by atoms with Crippen LogP contribution in [0.4, 0.5) is 0 Å². The van der Waals surface area contributed by atoms with Crippen LogP contribution in [-0.2, 0) is 0 Å². The summed E-state index contributed by atoms with van der Waals surface area (Å²) in [6.45, 7) is 3.79. The highest BCUT2D eigenvalue weighted by atomic mass is 32.1. The monoisotopic (exact) mass is 257 g/mol. The predicted octanol–water partition coefficient (Wildman–Crippen LogP) is 3.56. The highest BCUT2D eigenvalue weighted by Gasteiger charge is 2.06. The number of aromatic nitrogens is 3. The van der Waals surface area contributed by atoms with Gasteiger partial charge in [-0.15, -0.1) is 0 Å². The minimum atomic E-state index is 0.487. The van der Waals surface area contributed by atoms with Gasteiger partial charge in [0.2, 0.25) is 0 Å². The molecule has 2 aromatic heterocycles. The van der Waals surface area contributed by atoms with Gasteiger partial charge in [-0.05, 0) is 43.4 Å². The van der Waals surface area contributed by atoms with Crippen LogP contribution in [0.2, 0.25) is 0 Å². The minimum Gasteiger partial charge on any atom is -0.441 e. The molecule has 0 spiro atoms. The summed E-state index contributed by atoms with van der Waals surface area (Å²) >= 11 is 5.09. The van der Waals surface area contributed by atoms with Crippen molar-refractivity contribution in [2.45, 2.75) is 13.8 Å². The fourth-order valence-corrected chi connectivity index (χ4v) is 2.19. The number of benzene rings is 1. The lowest BCUT2D eigenvalue weighted by atomic mass is 10.1. The fourth-order valence-electron chi connectivity index (χ4n) is 1.93. The number of rotatable bonds is 1. The smallest absolute Gasteiger partial charge is 0.197 e. The second-order valence-corrected chi connectivity index (χ2v) is 4.56. The molecule has 0 aliphatic carbocycles. The molecule has 90 valence electrons. The molecule has 0 saturated carbocycles. The summed E-state index contributed by atoms with van der Waals surface area (Å²) in [5.41, 5.74) is 4.44. The molecule has 18 heavy (non-hydrogen) atoms. The Morgan fingerprint density at radius 2 is 2.00 bits per heavy atom. The van der Waals surface area contributed by atoms with Gasteiger partial charge in [-0.2, -0.15) is 0 Å². The van der Waals surface area contributed by atoms with Gasteiger partial charge in [0.15, 0.2) is 16.2 Å². The van der Waals surface area contributed by atoms with Crippen molar-refractivity contribution in [2.24, 2.45) is 0 Å². The Labute approximate surface area is 109 Å². The molecule has 0 saturated heterocycles. The minimum absolute atomic E-state index is 0.487. The molecule has 1 N–H and O–H groups in total. The van der Waals surface area contributed by atoms with E-state index in [9.17, 15) is 0 Å². The average Bonchev–Trinajstić information content (AvgIpc) is 2.66. The molecule has 0 amide bonds. The Hall–Kier alpha value is -2.01. The van der Waals surface area contributed by atoms with Gasteiger partial charge in [-0.1, -0.05) is 0 Å². The number of aryl methyl sites for hydroxylation is 2. The van der Waals surface area contributed by atoms with E-state index in [1.165, 1.54) is 0 Å². The maximum Gasteiger partial charge on any atom is 0.197 e. The molecular formula is C13H11N3OS. The van der Waals surface area contributed by atoms with Gasteiger partial charge in [0.25, 0.3) is 0 Å². The summed E-state index contributed by atoms with van der Waals surface area (Å²) < 4.78 is 5.94. The van der Waals surface area contributed by atoms with Gasteiger partial charge in [0.05, 0.1) is 5.69 Å². The molecule has 5 heteroatoms. The lowest BCUT2D eigenvalue weighted by molar-refractivity contribution is 0.561. The second kappa shape index (κ2) is 4.03. The van der Waals surface area contributed by atoms with Crippen molar-refractivity contribution in [3.63, 3.8) is 0 Å². The third-order valence-electron chi connectivity index (χ3n) is 2.67. The zero-order valence-corrected chi connectivity index (χ0v) is 10.8. The summed E-state index contributed by atoms with van der Waals surface area (Å²) in [6, 6.07) is 7.79. The molecular weight excluding hydrogens is 246 g/mol. The molecule has 3 rings (SSSR count). The lowest BCUT2D eigenvalue weighted by Crippen LogP contribution is -1.90. The SMILES string of the molecule is Cc1cc(-c2ccc3oc(C)nc3c2)nc(=S)[nH]1. The zero-order chi connectivity index (χ0) is 12.7. The van der Waals surface area contributed by atoms with E-state index in [1.54, 1.807) is 0 Å². The first-order chi connectivity index (χ1) is 8.61. The van der Waals surface area contributed by atoms with E-state index in [0.717, 1.165) is 28.1 Å². The number of hydrogen-bond donors (Lipinski definition) is 1. The molecule has 2 heterocycles. The number of oxazole rings is 1. The maximum atomic E-state index is 5.45. The first-order valence-electron chi connectivity index (χ1n) is 5.57. The Kier molecular flexibility index (Phi) is 2.48. The van der Waals surface area contributed by atoms with Crippen LogP contribution in [0.15, 0.2) is 28.7 Å². The standard InChI is InChI=1S/C13H11N3OS/c1-7-5-10(16-13(18)14-7)9-3-4-12-11(6-9)15-8(2)17-12/h3-6H,1-2H3,(H,14,16,18). The van der Waals surface area contributed by atoms with E-state index in [-0.39, 0.29) is 0 Å². The summed E-state index contributed by atoms with van der Waals surface area (Å²) in [6.07, 6.45) is 0. The van der Waals surface area contributed by atoms with Gasteiger partial charge in [-0.25, -0.2) is 9.97 Å². The van der Waals surface area contributed by atoms with Crippen LogP contribution in [0.25, 0.3) is 22.4 Å². The van der Waals surface area contributed by atoms with Crippen LogP contribution >= 0.6 is 12.2 Å². The quantitative estimate of drug-likeness (QED) is 0.677. The number of H-pyrrole nitrogens is 1. The second-order valence-electron chi connectivity index (χ2n) is 4.17. The molecule has 1 aromatic carbocycles. The summed E-state index contributed by atoms with van der Waals surface area (Å²) in [4.78, 5) is 11.6. The van der Waals surface area contributed by atoms with E-state index in [2.05, 4.69) is 15.0 Å². The Morgan fingerprint density at radius 3 is 2.78 bits per heavy atom. The predicted molar refractivity (Wildman–Crippen MR) is 71.9 cm³/mol. The summed E-state index contributed by atoms with van der Waals surface area (Å²) in [5.74, 6) is 0.664.